The van der Waals surface area contributed by atoms with Crippen molar-refractivity contribution in [3.05, 3.63) is 70.9 Å². The maximum Gasteiger partial charge on any atom is 0.247 e. The smallest absolute Gasteiger partial charge is 0.247 e. The van der Waals surface area contributed by atoms with Gasteiger partial charge >= 0.3 is 0 Å². The number of anilines is 3. The lowest BCUT2D eigenvalue weighted by atomic mass is 10.1. The quantitative estimate of drug-likeness (QED) is 0.201. The summed E-state index contributed by atoms with van der Waals surface area (Å²) in [5.41, 5.74) is 3.15. The molecule has 2 aromatic carbocycles. The summed E-state index contributed by atoms with van der Waals surface area (Å²) >= 11 is 13.3. The minimum atomic E-state index is -0.314. The molecule has 0 fully saturated rings. The Bertz CT molecular complexity index is 1550. The van der Waals surface area contributed by atoms with Crippen LogP contribution >= 0.6 is 23.2 Å². The third kappa shape index (κ3) is 5.87. The van der Waals surface area contributed by atoms with E-state index in [-0.39, 0.29) is 12.0 Å². The van der Waals surface area contributed by atoms with Gasteiger partial charge in [0.25, 0.3) is 0 Å². The van der Waals surface area contributed by atoms with Crippen LogP contribution in [0.25, 0.3) is 22.0 Å². The van der Waals surface area contributed by atoms with E-state index in [1.54, 1.807) is 18.3 Å². The van der Waals surface area contributed by atoms with Crippen LogP contribution in [0.4, 0.5) is 17.2 Å². The number of hydrogen-bond acceptors (Lipinski definition) is 7. The molecule has 4 aromatic rings. The largest absolute Gasteiger partial charge is 0.495 e. The first-order valence-corrected chi connectivity index (χ1v) is 12.8. The number of nitrogens with one attached hydrogen (secondary N) is 2. The standard InChI is InChI=1S/C29H28Cl2N4O4/c1-7-24(36)33-19-10-8-9-16(4)28(19)35-23-12-18-17(14-32-23)11-20(34-29(18)39-15(2)3)25-26(30)21(37-5)13-22(38-6)27(25)31/h7-15H,1H2,2-6H3,(H,32,35)(H,33,36). The number of methoxy groups -OCH3 is 2. The summed E-state index contributed by atoms with van der Waals surface area (Å²) in [7, 11) is 3.03. The summed E-state index contributed by atoms with van der Waals surface area (Å²) < 4.78 is 17.0. The number of aromatic nitrogens is 2. The maximum atomic E-state index is 12.0. The van der Waals surface area contributed by atoms with E-state index in [0.717, 1.165) is 16.3 Å². The van der Waals surface area contributed by atoms with Gasteiger partial charge in [0.1, 0.15) is 17.3 Å². The van der Waals surface area contributed by atoms with Gasteiger partial charge in [0, 0.05) is 28.6 Å². The van der Waals surface area contributed by atoms with Crippen molar-refractivity contribution in [3.8, 4) is 28.6 Å². The van der Waals surface area contributed by atoms with Gasteiger partial charge in [-0.15, -0.1) is 0 Å². The van der Waals surface area contributed by atoms with Gasteiger partial charge in [0.05, 0.1) is 47.4 Å². The first kappa shape index (κ1) is 28.0. The number of hydrogen-bond donors (Lipinski definition) is 2. The number of fused-ring (bicyclic) bond motifs is 1. The number of pyridine rings is 2. The maximum absolute atomic E-state index is 12.0. The lowest BCUT2D eigenvalue weighted by molar-refractivity contribution is -0.111. The van der Waals surface area contributed by atoms with Crippen LogP contribution in [0.2, 0.25) is 10.0 Å². The minimum absolute atomic E-state index is 0.164. The first-order valence-electron chi connectivity index (χ1n) is 12.0. The number of ether oxygens (including phenoxy) is 3. The number of halogens is 2. The molecule has 2 heterocycles. The molecule has 2 N–H and O–H groups in total. The highest BCUT2D eigenvalue weighted by Gasteiger charge is 2.22. The number of carbonyl (C=O) groups is 1. The van der Waals surface area contributed by atoms with Crippen LogP contribution in [-0.2, 0) is 4.79 Å². The Morgan fingerprint density at radius 3 is 2.38 bits per heavy atom. The Morgan fingerprint density at radius 1 is 1.08 bits per heavy atom. The van der Waals surface area contributed by atoms with Gasteiger partial charge in [-0.25, -0.2) is 9.97 Å². The van der Waals surface area contributed by atoms with E-state index in [0.29, 0.717) is 55.9 Å². The van der Waals surface area contributed by atoms with E-state index < -0.39 is 0 Å². The van der Waals surface area contributed by atoms with Gasteiger partial charge in [-0.2, -0.15) is 0 Å². The number of para-hydroxylation sites is 1. The number of amides is 1. The average molecular weight is 567 g/mol. The van der Waals surface area contributed by atoms with Crippen molar-refractivity contribution in [2.45, 2.75) is 26.9 Å². The van der Waals surface area contributed by atoms with Gasteiger partial charge < -0.3 is 24.8 Å². The van der Waals surface area contributed by atoms with Crippen molar-refractivity contribution in [2.75, 3.05) is 24.9 Å². The Labute approximate surface area is 236 Å². The Hall–Kier alpha value is -4.01. The fourth-order valence-electron chi connectivity index (χ4n) is 3.99. The molecule has 0 aliphatic carbocycles. The molecule has 0 saturated carbocycles. The van der Waals surface area contributed by atoms with Crippen molar-refractivity contribution in [1.29, 1.82) is 0 Å². The summed E-state index contributed by atoms with van der Waals surface area (Å²) in [6.45, 7) is 9.28. The third-order valence-electron chi connectivity index (χ3n) is 5.83. The third-order valence-corrected chi connectivity index (χ3v) is 6.58. The van der Waals surface area contributed by atoms with Crippen molar-refractivity contribution in [3.63, 3.8) is 0 Å². The average Bonchev–Trinajstić information content (AvgIpc) is 2.90. The first-order chi connectivity index (χ1) is 18.7. The van der Waals surface area contributed by atoms with Crippen molar-refractivity contribution < 1.29 is 19.0 Å². The molecule has 1 amide bonds. The van der Waals surface area contributed by atoms with Crippen molar-refractivity contribution in [1.82, 2.24) is 9.97 Å². The van der Waals surface area contributed by atoms with Crippen molar-refractivity contribution >= 4 is 57.1 Å². The molecular weight excluding hydrogens is 539 g/mol. The number of carbonyl (C=O) groups excluding carboxylic acids is 1. The molecule has 2 aromatic heterocycles. The molecule has 0 spiro atoms. The van der Waals surface area contributed by atoms with Crippen LogP contribution in [0.3, 0.4) is 0 Å². The van der Waals surface area contributed by atoms with E-state index in [9.17, 15) is 4.79 Å². The summed E-state index contributed by atoms with van der Waals surface area (Å²) in [5, 5.41) is 8.20. The second-order valence-corrected chi connectivity index (χ2v) is 9.63. The lowest BCUT2D eigenvalue weighted by Crippen LogP contribution is -2.10. The highest BCUT2D eigenvalue weighted by molar-refractivity contribution is 6.41. The lowest BCUT2D eigenvalue weighted by Gasteiger charge is -2.18. The predicted molar refractivity (Wildman–Crippen MR) is 157 cm³/mol. The molecule has 10 heteroatoms. The highest BCUT2D eigenvalue weighted by atomic mass is 35.5. The number of nitrogens with zero attached hydrogens (tertiary/aromatic N) is 2. The van der Waals surface area contributed by atoms with Gasteiger partial charge in [-0.3, -0.25) is 4.79 Å². The SMILES string of the molecule is C=CC(=O)Nc1cccc(C)c1Nc1cc2c(OC(C)C)nc(-c3c(Cl)c(OC)cc(OC)c3Cl)cc2cn1. The summed E-state index contributed by atoms with van der Waals surface area (Å²) in [6.07, 6.45) is 2.76. The monoisotopic (exact) mass is 566 g/mol. The zero-order chi connectivity index (χ0) is 28.3. The fourth-order valence-corrected chi connectivity index (χ4v) is 4.68. The van der Waals surface area contributed by atoms with Crippen LogP contribution in [0, 0.1) is 6.92 Å². The van der Waals surface area contributed by atoms with E-state index in [2.05, 4.69) is 22.2 Å². The topological polar surface area (TPSA) is 94.6 Å². The van der Waals surface area contributed by atoms with E-state index in [1.165, 1.54) is 20.3 Å². The van der Waals surface area contributed by atoms with E-state index >= 15 is 0 Å². The molecule has 39 heavy (non-hydrogen) atoms. The molecule has 8 nitrogen and oxygen atoms in total. The van der Waals surface area contributed by atoms with E-state index in [4.69, 9.17) is 42.4 Å². The molecule has 0 bridgehead atoms. The molecule has 0 saturated heterocycles. The molecular formula is C29H28Cl2N4O4. The number of rotatable bonds is 9. The van der Waals surface area contributed by atoms with Gasteiger partial charge in [0.15, 0.2) is 0 Å². The number of benzene rings is 2. The van der Waals surface area contributed by atoms with Crippen molar-refractivity contribution in [2.24, 2.45) is 0 Å². The minimum Gasteiger partial charge on any atom is -0.495 e. The Morgan fingerprint density at radius 2 is 1.77 bits per heavy atom. The zero-order valence-electron chi connectivity index (χ0n) is 22.2. The van der Waals surface area contributed by atoms with Gasteiger partial charge in [0.2, 0.25) is 11.8 Å². The summed E-state index contributed by atoms with van der Waals surface area (Å²) in [5.74, 6) is 1.40. The van der Waals surface area contributed by atoms with Gasteiger partial charge in [-0.05, 0) is 50.6 Å². The molecule has 4 rings (SSSR count). The zero-order valence-corrected chi connectivity index (χ0v) is 23.7. The van der Waals surface area contributed by atoms with Crippen LogP contribution in [-0.4, -0.2) is 36.2 Å². The molecule has 202 valence electrons. The molecule has 0 aliphatic rings. The van der Waals surface area contributed by atoms with Gasteiger partial charge in [-0.1, -0.05) is 41.9 Å². The molecule has 0 unspecified atom stereocenters. The second-order valence-electron chi connectivity index (χ2n) is 8.87. The van der Waals surface area contributed by atoms with Crippen LogP contribution in [0.15, 0.2) is 55.3 Å². The van der Waals surface area contributed by atoms with E-state index in [1.807, 2.05) is 45.0 Å². The predicted octanol–water partition coefficient (Wildman–Crippen LogP) is 7.58. The Kier molecular flexibility index (Phi) is 8.47. The summed E-state index contributed by atoms with van der Waals surface area (Å²) in [6, 6.07) is 10.9. The van der Waals surface area contributed by atoms with Crippen LogP contribution in [0.1, 0.15) is 19.4 Å². The molecule has 0 aliphatic heterocycles. The molecule has 0 radical (unpaired) electrons. The normalized spacial score (nSPS) is 10.9. The highest BCUT2D eigenvalue weighted by Crippen LogP contribution is 2.46. The van der Waals surface area contributed by atoms with Crippen LogP contribution in [0.5, 0.6) is 17.4 Å². The summed E-state index contributed by atoms with van der Waals surface area (Å²) in [4.78, 5) is 21.4. The second kappa shape index (κ2) is 11.8. The fraction of sp³-hybridized carbons (Fsp3) is 0.207. The number of aryl methyl sites for hydroxylation is 1. The Balaban J connectivity index is 1.86. The molecule has 0 atom stereocenters. The van der Waals surface area contributed by atoms with Crippen LogP contribution < -0.4 is 24.8 Å².